The lowest BCUT2D eigenvalue weighted by molar-refractivity contribution is 0.339. The van der Waals surface area contributed by atoms with Gasteiger partial charge in [-0.3, -0.25) is 0 Å². The van der Waals surface area contributed by atoms with Crippen LogP contribution in [0.25, 0.3) is 22.2 Å². The van der Waals surface area contributed by atoms with Crippen molar-refractivity contribution in [2.45, 2.75) is 18.3 Å². The molecule has 0 saturated carbocycles. The number of benzene rings is 1. The van der Waals surface area contributed by atoms with Crippen molar-refractivity contribution in [3.05, 3.63) is 60.9 Å². The van der Waals surface area contributed by atoms with Crippen LogP contribution >= 0.6 is 0 Å². The molecule has 0 spiro atoms. The summed E-state index contributed by atoms with van der Waals surface area (Å²) in [6, 6.07) is 10.6. The minimum atomic E-state index is -0.0338. The lowest BCUT2D eigenvalue weighted by Crippen LogP contribution is -2.47. The molecule has 1 aliphatic rings. The number of fused-ring (bicyclic) bond motifs is 1. The minimum Gasteiger partial charge on any atom is -0.364 e. The van der Waals surface area contributed by atoms with Gasteiger partial charge in [-0.2, -0.15) is 0 Å². The fraction of sp³-hybridized carbons (Fsp3) is 0.286. The quantitative estimate of drug-likeness (QED) is 0.570. The topological polar surface area (TPSA) is 96.9 Å². The second kappa shape index (κ2) is 6.76. The number of H-pyrrole nitrogens is 1. The van der Waals surface area contributed by atoms with Gasteiger partial charge in [-0.25, -0.2) is 9.97 Å². The molecule has 7 nitrogen and oxygen atoms in total. The molecular formula is C21H22N6O. The van der Waals surface area contributed by atoms with E-state index in [9.17, 15) is 0 Å². The highest BCUT2D eigenvalue weighted by atomic mass is 16.5. The van der Waals surface area contributed by atoms with Crippen LogP contribution in [0.15, 0.2) is 59.8 Å². The SMILES string of the molecule is NCC1(c2cccc(-c3cnoc3)c2)CCN(c2ncnc3[nH]ccc23)CC1. The van der Waals surface area contributed by atoms with Crippen LogP contribution < -0.4 is 10.6 Å². The van der Waals surface area contributed by atoms with Crippen LogP contribution in [-0.2, 0) is 5.41 Å². The van der Waals surface area contributed by atoms with E-state index in [-0.39, 0.29) is 5.41 Å². The van der Waals surface area contributed by atoms with Crippen molar-refractivity contribution in [3.63, 3.8) is 0 Å². The zero-order valence-electron chi connectivity index (χ0n) is 15.5. The Kier molecular flexibility index (Phi) is 4.09. The molecule has 1 saturated heterocycles. The molecule has 0 atom stereocenters. The minimum absolute atomic E-state index is 0.0338. The number of rotatable bonds is 4. The molecule has 3 N–H and O–H groups in total. The van der Waals surface area contributed by atoms with E-state index in [1.807, 2.05) is 12.3 Å². The van der Waals surface area contributed by atoms with Crippen molar-refractivity contribution in [1.82, 2.24) is 20.1 Å². The molecule has 4 aromatic rings. The first-order valence-corrected chi connectivity index (χ1v) is 9.52. The normalized spacial score (nSPS) is 16.5. The molecule has 1 aromatic carbocycles. The number of aromatic nitrogens is 4. The van der Waals surface area contributed by atoms with Crippen LogP contribution in [0.5, 0.6) is 0 Å². The third-order valence-electron chi connectivity index (χ3n) is 5.98. The molecular weight excluding hydrogens is 352 g/mol. The lowest BCUT2D eigenvalue weighted by Gasteiger charge is -2.42. The van der Waals surface area contributed by atoms with Crippen molar-refractivity contribution in [1.29, 1.82) is 0 Å². The molecule has 1 aliphatic heterocycles. The number of nitrogens with zero attached hydrogens (tertiary/aromatic N) is 4. The van der Waals surface area contributed by atoms with Crippen LogP contribution in [0, 0.1) is 0 Å². The van der Waals surface area contributed by atoms with Gasteiger partial charge in [-0.1, -0.05) is 29.4 Å². The molecule has 142 valence electrons. The second-order valence-electron chi connectivity index (χ2n) is 7.40. The van der Waals surface area contributed by atoms with Gasteiger partial charge in [0.25, 0.3) is 0 Å². The van der Waals surface area contributed by atoms with E-state index < -0.39 is 0 Å². The summed E-state index contributed by atoms with van der Waals surface area (Å²) < 4.78 is 5.00. The van der Waals surface area contributed by atoms with Crippen LogP contribution in [0.2, 0.25) is 0 Å². The number of nitrogens with two attached hydrogens (primary N) is 1. The van der Waals surface area contributed by atoms with E-state index in [1.54, 1.807) is 18.8 Å². The van der Waals surface area contributed by atoms with Crippen LogP contribution in [0.4, 0.5) is 5.82 Å². The van der Waals surface area contributed by atoms with Crippen LogP contribution in [0.3, 0.4) is 0 Å². The van der Waals surface area contributed by atoms with E-state index in [2.05, 4.69) is 49.3 Å². The highest BCUT2D eigenvalue weighted by Crippen LogP contribution is 2.38. The van der Waals surface area contributed by atoms with E-state index in [4.69, 9.17) is 10.3 Å². The second-order valence-corrected chi connectivity index (χ2v) is 7.40. The highest BCUT2D eigenvalue weighted by molar-refractivity contribution is 5.87. The number of hydrogen-bond donors (Lipinski definition) is 2. The standard InChI is InChI=1S/C21H22N6O/c22-13-21(17-3-1-2-15(10-17)16-11-26-28-12-16)5-8-27(9-6-21)20-18-4-7-23-19(18)24-14-25-20/h1-4,7,10-12,14H,5-6,8-9,13,22H2,(H,23,24,25). The lowest BCUT2D eigenvalue weighted by atomic mass is 9.72. The Hall–Kier alpha value is -3.19. The molecule has 7 heteroatoms. The number of piperidine rings is 1. The fourth-order valence-electron chi connectivity index (χ4n) is 4.24. The van der Waals surface area contributed by atoms with E-state index in [1.165, 1.54) is 5.56 Å². The Labute approximate surface area is 162 Å². The van der Waals surface area contributed by atoms with Gasteiger partial charge in [-0.15, -0.1) is 0 Å². The molecule has 0 unspecified atom stereocenters. The largest absolute Gasteiger partial charge is 0.364 e. The van der Waals surface area contributed by atoms with Gasteiger partial charge < -0.3 is 20.1 Å². The van der Waals surface area contributed by atoms with E-state index >= 15 is 0 Å². The molecule has 0 bridgehead atoms. The Morgan fingerprint density at radius 3 is 2.82 bits per heavy atom. The molecule has 28 heavy (non-hydrogen) atoms. The number of aromatic amines is 1. The predicted molar refractivity (Wildman–Crippen MR) is 108 cm³/mol. The summed E-state index contributed by atoms with van der Waals surface area (Å²) in [5, 5.41) is 4.89. The number of hydrogen-bond acceptors (Lipinski definition) is 6. The van der Waals surface area contributed by atoms with E-state index in [0.29, 0.717) is 6.54 Å². The maximum Gasteiger partial charge on any atom is 0.142 e. The third kappa shape index (κ3) is 2.75. The first-order valence-electron chi connectivity index (χ1n) is 9.52. The molecule has 4 heterocycles. The summed E-state index contributed by atoms with van der Waals surface area (Å²) >= 11 is 0. The summed E-state index contributed by atoms with van der Waals surface area (Å²) in [7, 11) is 0. The Balaban J connectivity index is 1.42. The molecule has 0 aliphatic carbocycles. The van der Waals surface area contributed by atoms with Gasteiger partial charge in [0, 0.05) is 36.8 Å². The Morgan fingerprint density at radius 1 is 1.14 bits per heavy atom. The van der Waals surface area contributed by atoms with Gasteiger partial charge in [-0.05, 0) is 30.0 Å². The molecule has 1 fully saturated rings. The fourth-order valence-corrected chi connectivity index (χ4v) is 4.24. The third-order valence-corrected chi connectivity index (χ3v) is 5.98. The van der Waals surface area contributed by atoms with Crippen molar-refractivity contribution < 1.29 is 4.52 Å². The summed E-state index contributed by atoms with van der Waals surface area (Å²) in [6.07, 6.45) is 8.91. The maximum atomic E-state index is 6.32. The van der Waals surface area contributed by atoms with Crippen molar-refractivity contribution in [2.24, 2.45) is 5.73 Å². The molecule has 0 amide bonds. The first kappa shape index (κ1) is 16.9. The van der Waals surface area contributed by atoms with Gasteiger partial charge in [0.1, 0.15) is 24.1 Å². The van der Waals surface area contributed by atoms with Crippen LogP contribution in [-0.4, -0.2) is 39.7 Å². The Morgan fingerprint density at radius 2 is 2.04 bits per heavy atom. The number of nitrogens with one attached hydrogen (secondary N) is 1. The monoisotopic (exact) mass is 374 g/mol. The van der Waals surface area contributed by atoms with Gasteiger partial charge in [0.05, 0.1) is 11.6 Å². The summed E-state index contributed by atoms with van der Waals surface area (Å²) in [5.41, 5.74) is 10.5. The predicted octanol–water partition coefficient (Wildman–Crippen LogP) is 3.11. The zero-order valence-corrected chi connectivity index (χ0v) is 15.5. The highest BCUT2D eigenvalue weighted by Gasteiger charge is 2.36. The van der Waals surface area contributed by atoms with Gasteiger partial charge in [0.2, 0.25) is 0 Å². The first-order chi connectivity index (χ1) is 13.8. The maximum absolute atomic E-state index is 6.32. The summed E-state index contributed by atoms with van der Waals surface area (Å²) in [5.74, 6) is 0.995. The van der Waals surface area contributed by atoms with E-state index in [0.717, 1.165) is 53.9 Å². The number of anilines is 1. The van der Waals surface area contributed by atoms with Crippen molar-refractivity contribution >= 4 is 16.9 Å². The molecule has 3 aromatic heterocycles. The molecule has 0 radical (unpaired) electrons. The van der Waals surface area contributed by atoms with Crippen molar-refractivity contribution in [2.75, 3.05) is 24.5 Å². The average molecular weight is 374 g/mol. The zero-order chi connectivity index (χ0) is 19.0. The molecule has 5 rings (SSSR count). The van der Waals surface area contributed by atoms with Crippen LogP contribution in [0.1, 0.15) is 18.4 Å². The van der Waals surface area contributed by atoms with Gasteiger partial charge >= 0.3 is 0 Å². The Bertz CT molecular complexity index is 1080. The smallest absolute Gasteiger partial charge is 0.142 e. The average Bonchev–Trinajstić information content (AvgIpc) is 3.46. The van der Waals surface area contributed by atoms with Crippen molar-refractivity contribution in [3.8, 4) is 11.1 Å². The van der Waals surface area contributed by atoms with Gasteiger partial charge in [0.15, 0.2) is 0 Å². The summed E-state index contributed by atoms with van der Waals surface area (Å²) in [4.78, 5) is 14.3. The summed E-state index contributed by atoms with van der Waals surface area (Å²) in [6.45, 7) is 2.44.